The average molecular weight is 170 g/mol. The van der Waals surface area contributed by atoms with Gasteiger partial charge in [0.15, 0.2) is 5.76 Å². The van der Waals surface area contributed by atoms with Crippen LogP contribution in [0.5, 0.6) is 5.88 Å². The second-order valence-electron chi connectivity index (χ2n) is 3.64. The molecule has 0 saturated carbocycles. The summed E-state index contributed by atoms with van der Waals surface area (Å²) in [5.74, 6) is 1.16. The molecule has 1 aromatic heterocycles. The zero-order valence-corrected chi connectivity index (χ0v) is 7.84. The van der Waals surface area contributed by atoms with Gasteiger partial charge < -0.3 is 14.9 Å². The van der Waals surface area contributed by atoms with Gasteiger partial charge >= 0.3 is 0 Å². The number of oxazole rings is 1. The van der Waals surface area contributed by atoms with E-state index in [0.29, 0.717) is 11.6 Å². The first-order valence-corrected chi connectivity index (χ1v) is 3.76. The van der Waals surface area contributed by atoms with E-state index in [1.807, 2.05) is 20.8 Å². The number of hydrogen-bond donors (Lipinski definition) is 1. The summed E-state index contributed by atoms with van der Waals surface area (Å²) in [7, 11) is 1.55. The number of nitrogens with zero attached hydrogens (tertiary/aromatic N) is 1. The molecule has 1 heterocycles. The van der Waals surface area contributed by atoms with E-state index in [1.165, 1.54) is 0 Å². The largest absolute Gasteiger partial charge is 0.478 e. The van der Waals surface area contributed by atoms with E-state index in [1.54, 1.807) is 7.11 Å². The molecule has 0 radical (unpaired) electrons. The van der Waals surface area contributed by atoms with E-state index in [2.05, 4.69) is 4.98 Å². The van der Waals surface area contributed by atoms with Crippen molar-refractivity contribution < 1.29 is 9.15 Å². The van der Waals surface area contributed by atoms with Gasteiger partial charge in [-0.25, -0.2) is 0 Å². The minimum absolute atomic E-state index is 0.129. The topological polar surface area (TPSA) is 61.3 Å². The Kier molecular flexibility index (Phi) is 2.00. The second kappa shape index (κ2) is 2.69. The molecule has 0 spiro atoms. The zero-order valence-electron chi connectivity index (χ0n) is 7.84. The monoisotopic (exact) mass is 170 g/mol. The Morgan fingerprint density at radius 3 is 2.33 bits per heavy atom. The Labute approximate surface area is 71.7 Å². The van der Waals surface area contributed by atoms with Gasteiger partial charge in [-0.1, -0.05) is 20.8 Å². The van der Waals surface area contributed by atoms with Crippen molar-refractivity contribution in [3.63, 3.8) is 0 Å². The van der Waals surface area contributed by atoms with Gasteiger partial charge in [-0.2, -0.15) is 4.98 Å². The molecule has 0 aliphatic heterocycles. The Morgan fingerprint density at radius 1 is 1.42 bits per heavy atom. The molecule has 0 aliphatic carbocycles. The number of nitrogens with two attached hydrogens (primary N) is 1. The van der Waals surface area contributed by atoms with Crippen molar-refractivity contribution in [1.29, 1.82) is 0 Å². The van der Waals surface area contributed by atoms with Gasteiger partial charge in [-0.05, 0) is 0 Å². The average Bonchev–Trinajstić information content (AvgIpc) is 2.29. The van der Waals surface area contributed by atoms with Crippen LogP contribution in [0.3, 0.4) is 0 Å². The van der Waals surface area contributed by atoms with E-state index in [9.17, 15) is 0 Å². The molecule has 0 atom stereocenters. The van der Waals surface area contributed by atoms with Crippen LogP contribution in [-0.2, 0) is 5.41 Å². The first-order chi connectivity index (χ1) is 5.45. The predicted octanol–water partition coefficient (Wildman–Crippen LogP) is 1.56. The number of rotatable bonds is 1. The van der Waals surface area contributed by atoms with Gasteiger partial charge in [0.2, 0.25) is 0 Å². The van der Waals surface area contributed by atoms with Gasteiger partial charge in [0.25, 0.3) is 11.9 Å². The van der Waals surface area contributed by atoms with Crippen LogP contribution < -0.4 is 10.5 Å². The third kappa shape index (κ3) is 1.52. The van der Waals surface area contributed by atoms with Crippen molar-refractivity contribution in [1.82, 2.24) is 4.98 Å². The lowest BCUT2D eigenvalue weighted by Gasteiger charge is -2.14. The summed E-state index contributed by atoms with van der Waals surface area (Å²) in [4.78, 5) is 3.88. The normalized spacial score (nSPS) is 11.7. The molecule has 0 aromatic carbocycles. The van der Waals surface area contributed by atoms with E-state index in [0.717, 1.165) is 0 Å². The smallest absolute Gasteiger partial charge is 0.295 e. The Bertz CT molecular complexity index is 273. The number of nitrogen functional groups attached to an aromatic ring is 1. The summed E-state index contributed by atoms with van der Waals surface area (Å²) < 4.78 is 10.2. The maximum absolute atomic E-state index is 5.39. The van der Waals surface area contributed by atoms with Gasteiger partial charge in [0, 0.05) is 5.41 Å². The van der Waals surface area contributed by atoms with E-state index >= 15 is 0 Å². The highest BCUT2D eigenvalue weighted by Crippen LogP contribution is 2.32. The maximum Gasteiger partial charge on any atom is 0.295 e. The molecular formula is C8H14N2O2. The SMILES string of the molecule is COc1nc(N)oc1C(C)(C)C. The fourth-order valence-corrected chi connectivity index (χ4v) is 0.934. The molecule has 12 heavy (non-hydrogen) atoms. The lowest BCUT2D eigenvalue weighted by atomic mass is 9.94. The minimum Gasteiger partial charge on any atom is -0.478 e. The first-order valence-electron chi connectivity index (χ1n) is 3.76. The number of hydrogen-bond acceptors (Lipinski definition) is 4. The molecule has 0 bridgehead atoms. The number of ether oxygens (including phenoxy) is 1. The highest BCUT2D eigenvalue weighted by atomic mass is 16.5. The van der Waals surface area contributed by atoms with Gasteiger partial charge in [0.05, 0.1) is 7.11 Å². The van der Waals surface area contributed by atoms with Crippen LogP contribution in [0.15, 0.2) is 4.42 Å². The van der Waals surface area contributed by atoms with Crippen molar-refractivity contribution in [2.45, 2.75) is 26.2 Å². The Hall–Kier alpha value is -1.19. The first kappa shape index (κ1) is 8.90. The molecule has 0 amide bonds. The fourth-order valence-electron chi connectivity index (χ4n) is 0.934. The standard InChI is InChI=1S/C8H14N2O2/c1-8(2,3)5-6(11-4)10-7(9)12-5/h1-4H3,(H2,9,10). The lowest BCUT2D eigenvalue weighted by Crippen LogP contribution is -2.11. The molecule has 0 fully saturated rings. The third-order valence-corrected chi connectivity index (χ3v) is 1.49. The molecule has 4 heteroatoms. The van der Waals surface area contributed by atoms with Crippen LogP contribution in [0, 0.1) is 0 Å². The van der Waals surface area contributed by atoms with Crippen LogP contribution in [0.25, 0.3) is 0 Å². The summed E-state index contributed by atoms with van der Waals surface area (Å²) in [5.41, 5.74) is 5.26. The van der Waals surface area contributed by atoms with Crippen molar-refractivity contribution in [3.05, 3.63) is 5.76 Å². The van der Waals surface area contributed by atoms with Crippen molar-refractivity contribution in [2.75, 3.05) is 12.8 Å². The van der Waals surface area contributed by atoms with E-state index in [-0.39, 0.29) is 11.4 Å². The molecule has 0 aliphatic rings. The van der Waals surface area contributed by atoms with Crippen LogP contribution >= 0.6 is 0 Å². The molecular weight excluding hydrogens is 156 g/mol. The van der Waals surface area contributed by atoms with Crippen molar-refractivity contribution in [2.24, 2.45) is 0 Å². The predicted molar refractivity (Wildman–Crippen MR) is 46.2 cm³/mol. The van der Waals surface area contributed by atoms with Crippen LogP contribution in [0.2, 0.25) is 0 Å². The fraction of sp³-hybridized carbons (Fsp3) is 0.625. The number of methoxy groups -OCH3 is 1. The Morgan fingerprint density at radius 2 is 2.00 bits per heavy atom. The van der Waals surface area contributed by atoms with Crippen molar-refractivity contribution in [3.8, 4) is 5.88 Å². The molecule has 0 unspecified atom stereocenters. The summed E-state index contributed by atoms with van der Waals surface area (Å²) in [6, 6.07) is 0.150. The Balaban J connectivity index is 3.13. The molecule has 0 saturated heterocycles. The minimum atomic E-state index is -0.129. The van der Waals surface area contributed by atoms with Crippen LogP contribution in [0.4, 0.5) is 6.01 Å². The summed E-state index contributed by atoms with van der Waals surface area (Å²) in [5, 5.41) is 0. The summed E-state index contributed by atoms with van der Waals surface area (Å²) in [6.07, 6.45) is 0. The third-order valence-electron chi connectivity index (χ3n) is 1.49. The summed E-state index contributed by atoms with van der Waals surface area (Å²) in [6.45, 7) is 6.03. The van der Waals surface area contributed by atoms with Gasteiger partial charge in [0.1, 0.15) is 0 Å². The molecule has 68 valence electrons. The number of anilines is 1. The van der Waals surface area contributed by atoms with E-state index < -0.39 is 0 Å². The van der Waals surface area contributed by atoms with Crippen LogP contribution in [-0.4, -0.2) is 12.1 Å². The molecule has 4 nitrogen and oxygen atoms in total. The summed E-state index contributed by atoms with van der Waals surface area (Å²) >= 11 is 0. The maximum atomic E-state index is 5.39. The van der Waals surface area contributed by atoms with Gasteiger partial charge in [-0.3, -0.25) is 0 Å². The lowest BCUT2D eigenvalue weighted by molar-refractivity contribution is 0.351. The zero-order chi connectivity index (χ0) is 9.35. The van der Waals surface area contributed by atoms with Crippen LogP contribution in [0.1, 0.15) is 26.5 Å². The second-order valence-corrected chi connectivity index (χ2v) is 3.64. The molecule has 1 aromatic rings. The van der Waals surface area contributed by atoms with Crippen molar-refractivity contribution >= 4 is 6.01 Å². The highest BCUT2D eigenvalue weighted by Gasteiger charge is 2.25. The molecule has 1 rings (SSSR count). The highest BCUT2D eigenvalue weighted by molar-refractivity contribution is 5.29. The van der Waals surface area contributed by atoms with Gasteiger partial charge in [-0.15, -0.1) is 0 Å². The molecule has 2 N–H and O–H groups in total. The van der Waals surface area contributed by atoms with E-state index in [4.69, 9.17) is 14.9 Å². The number of aromatic nitrogens is 1. The quantitative estimate of drug-likeness (QED) is 0.694.